The van der Waals surface area contributed by atoms with Crippen LogP contribution in [0.5, 0.6) is 5.75 Å². The maximum absolute atomic E-state index is 13.9. The van der Waals surface area contributed by atoms with Crippen LogP contribution < -0.4 is 15.8 Å². The second kappa shape index (κ2) is 6.51. The number of nitrogens with zero attached hydrogens (tertiary/aromatic N) is 1. The molecule has 160 valence electrons. The third-order valence-electron chi connectivity index (χ3n) is 6.38. The van der Waals surface area contributed by atoms with Crippen molar-refractivity contribution in [2.24, 2.45) is 5.73 Å². The highest BCUT2D eigenvalue weighted by atomic mass is 32.1. The van der Waals surface area contributed by atoms with Crippen LogP contribution in [-0.2, 0) is 10.3 Å². The van der Waals surface area contributed by atoms with Crippen LogP contribution in [0.2, 0.25) is 0 Å². The molecule has 3 aliphatic rings. The Hall–Kier alpha value is -2.97. The molecule has 2 atom stereocenters. The van der Waals surface area contributed by atoms with Gasteiger partial charge in [0.15, 0.2) is 0 Å². The first-order valence-corrected chi connectivity index (χ1v) is 11.1. The molecule has 2 unspecified atom stereocenters. The average Bonchev–Trinajstić information content (AvgIpc) is 3.31. The molecule has 5 rings (SSSR count). The van der Waals surface area contributed by atoms with Crippen molar-refractivity contribution in [3.05, 3.63) is 68.3 Å². The van der Waals surface area contributed by atoms with Crippen LogP contribution in [0.1, 0.15) is 59.1 Å². The Balaban J connectivity index is 1.75. The van der Waals surface area contributed by atoms with Crippen LogP contribution in [0.25, 0.3) is 0 Å². The summed E-state index contributed by atoms with van der Waals surface area (Å²) >= 11 is 1.18. The van der Waals surface area contributed by atoms with Crippen LogP contribution in [0.15, 0.2) is 46.6 Å². The number of amides is 1. The molecule has 0 spiro atoms. The number of aromatic nitrogens is 1. The summed E-state index contributed by atoms with van der Waals surface area (Å²) in [4.78, 5) is 31.6. The maximum Gasteiger partial charge on any atom is 0.270 e. The van der Waals surface area contributed by atoms with E-state index >= 15 is 0 Å². The number of benzene rings is 1. The van der Waals surface area contributed by atoms with Crippen LogP contribution in [0.3, 0.4) is 0 Å². The average molecular weight is 438 g/mol. The highest BCUT2D eigenvalue weighted by molar-refractivity contribution is 7.11. The SMILES string of the molecule is Cc1ncsc1C(=O)NC12C(=O)C3=C(N)CCC=C3C1(O)Oc1cc(C(C)C)ccc12. The number of ketones is 1. The molecule has 4 N–H and O–H groups in total. The Bertz CT molecular complexity index is 1210. The fraction of sp³-hybridized carbons (Fsp3) is 0.348. The van der Waals surface area contributed by atoms with Crippen molar-refractivity contribution >= 4 is 23.0 Å². The molecule has 1 aromatic heterocycles. The minimum atomic E-state index is -2.07. The van der Waals surface area contributed by atoms with E-state index in [1.54, 1.807) is 24.6 Å². The number of aliphatic hydroxyl groups is 1. The van der Waals surface area contributed by atoms with Crippen molar-refractivity contribution in [1.82, 2.24) is 10.3 Å². The molecule has 1 saturated carbocycles. The smallest absolute Gasteiger partial charge is 0.270 e. The Labute approximate surface area is 183 Å². The van der Waals surface area contributed by atoms with Gasteiger partial charge in [0.25, 0.3) is 11.7 Å². The van der Waals surface area contributed by atoms with E-state index in [4.69, 9.17) is 10.5 Å². The molecule has 7 nitrogen and oxygen atoms in total. The Morgan fingerprint density at radius 3 is 2.84 bits per heavy atom. The molecular formula is C23H23N3O4S. The molecule has 0 bridgehead atoms. The van der Waals surface area contributed by atoms with Gasteiger partial charge < -0.3 is 20.9 Å². The summed E-state index contributed by atoms with van der Waals surface area (Å²) in [6, 6.07) is 5.48. The van der Waals surface area contributed by atoms with Crippen molar-refractivity contribution in [2.75, 3.05) is 0 Å². The number of aryl methyl sites for hydroxylation is 1. The molecular weight excluding hydrogens is 414 g/mol. The van der Waals surface area contributed by atoms with Gasteiger partial charge in [-0.2, -0.15) is 0 Å². The van der Waals surface area contributed by atoms with E-state index in [0.717, 1.165) is 5.56 Å². The highest BCUT2D eigenvalue weighted by Gasteiger charge is 2.74. The summed E-state index contributed by atoms with van der Waals surface area (Å²) in [7, 11) is 0. The number of Topliss-reactive ketones (excluding diaryl/α,β-unsaturated/α-hetero) is 1. The van der Waals surface area contributed by atoms with Gasteiger partial charge >= 0.3 is 0 Å². The van der Waals surface area contributed by atoms with Crippen LogP contribution in [0.4, 0.5) is 0 Å². The van der Waals surface area contributed by atoms with Gasteiger partial charge in [0.1, 0.15) is 10.6 Å². The quantitative estimate of drug-likeness (QED) is 0.680. The van der Waals surface area contributed by atoms with E-state index in [-0.39, 0.29) is 11.5 Å². The Morgan fingerprint density at radius 1 is 1.39 bits per heavy atom. The van der Waals surface area contributed by atoms with Gasteiger partial charge in [0.2, 0.25) is 11.3 Å². The standard InChI is InChI=1S/C23H23N3O4S/c1-11(2)13-7-8-14-17(9-13)30-23(29)15-5-4-6-16(24)18(15)20(27)22(14,23)26-21(28)19-12(3)25-10-31-19/h5,7-11,29H,4,6,24H2,1-3H3,(H,26,28). The van der Waals surface area contributed by atoms with Crippen LogP contribution in [0, 0.1) is 6.92 Å². The fourth-order valence-corrected chi connectivity index (χ4v) is 5.43. The third-order valence-corrected chi connectivity index (χ3v) is 7.31. The third kappa shape index (κ3) is 2.46. The van der Waals surface area contributed by atoms with E-state index in [1.807, 2.05) is 26.0 Å². The number of fused-ring (bicyclic) bond motifs is 5. The summed E-state index contributed by atoms with van der Waals surface area (Å²) in [5.41, 5.74) is 8.90. The summed E-state index contributed by atoms with van der Waals surface area (Å²) in [5, 5.41) is 14.7. The fourth-order valence-electron chi connectivity index (χ4n) is 4.73. The zero-order valence-corrected chi connectivity index (χ0v) is 18.3. The van der Waals surface area contributed by atoms with Crippen LogP contribution >= 0.6 is 11.3 Å². The van der Waals surface area contributed by atoms with E-state index in [9.17, 15) is 14.7 Å². The van der Waals surface area contributed by atoms with Gasteiger partial charge in [-0.15, -0.1) is 11.3 Å². The zero-order valence-electron chi connectivity index (χ0n) is 17.5. The lowest BCUT2D eigenvalue weighted by molar-refractivity contribution is -0.152. The van der Waals surface area contributed by atoms with E-state index < -0.39 is 23.0 Å². The number of rotatable bonds is 3. The van der Waals surface area contributed by atoms with E-state index in [2.05, 4.69) is 10.3 Å². The lowest BCUT2D eigenvalue weighted by Crippen LogP contribution is -2.61. The molecule has 31 heavy (non-hydrogen) atoms. The first-order valence-electron chi connectivity index (χ1n) is 10.2. The minimum Gasteiger partial charge on any atom is -0.454 e. The number of carbonyl (C=O) groups excluding carboxylic acids is 2. The zero-order chi connectivity index (χ0) is 22.1. The van der Waals surface area contributed by atoms with Gasteiger partial charge in [-0.25, -0.2) is 4.98 Å². The number of hydrogen-bond donors (Lipinski definition) is 3. The van der Waals surface area contributed by atoms with Gasteiger partial charge in [-0.1, -0.05) is 32.1 Å². The lowest BCUT2D eigenvalue weighted by Gasteiger charge is -2.34. The number of nitrogens with one attached hydrogen (secondary N) is 1. The number of hydrogen-bond acceptors (Lipinski definition) is 7. The molecule has 1 fully saturated rings. The van der Waals surface area contributed by atoms with Crippen molar-refractivity contribution < 1.29 is 19.4 Å². The molecule has 1 aliphatic heterocycles. The topological polar surface area (TPSA) is 115 Å². The first kappa shape index (κ1) is 20.0. The summed E-state index contributed by atoms with van der Waals surface area (Å²) in [5.74, 6) is -2.41. The largest absolute Gasteiger partial charge is 0.454 e. The molecule has 8 heteroatoms. The van der Waals surface area contributed by atoms with E-state index in [1.165, 1.54) is 11.3 Å². The summed E-state index contributed by atoms with van der Waals surface area (Å²) < 4.78 is 6.10. The molecule has 2 heterocycles. The Kier molecular flexibility index (Phi) is 4.19. The molecule has 1 aromatic carbocycles. The van der Waals surface area contributed by atoms with Gasteiger partial charge in [-0.05, 0) is 37.3 Å². The van der Waals surface area contributed by atoms with Crippen molar-refractivity contribution in [1.29, 1.82) is 0 Å². The molecule has 1 amide bonds. The van der Waals surface area contributed by atoms with Crippen molar-refractivity contribution in [3.8, 4) is 5.75 Å². The van der Waals surface area contributed by atoms with Gasteiger partial charge in [0.05, 0.1) is 11.2 Å². The molecule has 0 radical (unpaired) electrons. The normalized spacial score (nSPS) is 26.4. The predicted octanol–water partition coefficient (Wildman–Crippen LogP) is 2.80. The minimum absolute atomic E-state index is 0.227. The van der Waals surface area contributed by atoms with Crippen molar-refractivity contribution in [3.63, 3.8) is 0 Å². The highest BCUT2D eigenvalue weighted by Crippen LogP contribution is 2.59. The number of allylic oxidation sites excluding steroid dienone is 2. The van der Waals surface area contributed by atoms with Gasteiger partial charge in [0, 0.05) is 22.4 Å². The maximum atomic E-state index is 13.9. The summed E-state index contributed by atoms with van der Waals surface area (Å²) in [6.07, 6.45) is 2.87. The van der Waals surface area contributed by atoms with E-state index in [0.29, 0.717) is 46.0 Å². The second-order valence-electron chi connectivity index (χ2n) is 8.51. The summed E-state index contributed by atoms with van der Waals surface area (Å²) in [6.45, 7) is 5.82. The molecule has 2 aromatic rings. The lowest BCUT2D eigenvalue weighted by atomic mass is 9.83. The number of nitrogens with two attached hydrogens (primary N) is 1. The molecule has 2 aliphatic carbocycles. The number of carbonyl (C=O) groups is 2. The Morgan fingerprint density at radius 2 is 2.16 bits per heavy atom. The van der Waals surface area contributed by atoms with Crippen LogP contribution in [-0.4, -0.2) is 27.6 Å². The van der Waals surface area contributed by atoms with Crippen molar-refractivity contribution in [2.45, 2.75) is 50.9 Å². The van der Waals surface area contributed by atoms with Gasteiger partial charge in [-0.3, -0.25) is 9.59 Å². The monoisotopic (exact) mass is 437 g/mol. The second-order valence-corrected chi connectivity index (χ2v) is 9.37. The first-order chi connectivity index (χ1) is 14.7. The number of thiazole rings is 1. The molecule has 0 saturated heterocycles. The number of ether oxygens (including phenoxy) is 1. The predicted molar refractivity (Wildman–Crippen MR) is 116 cm³/mol.